The maximum absolute atomic E-state index is 12.2. The summed E-state index contributed by atoms with van der Waals surface area (Å²) in [4.78, 5) is 17.6. The van der Waals surface area contributed by atoms with Crippen LogP contribution in [-0.2, 0) is 19.5 Å². The SMILES string of the molecule is O=C(NCc1cccs1)c1cncc2c1CCNC2. The van der Waals surface area contributed by atoms with E-state index in [0.29, 0.717) is 6.54 Å². The number of carbonyl (C=O) groups excluding carboxylic acids is 1. The van der Waals surface area contributed by atoms with Gasteiger partial charge in [-0.1, -0.05) is 6.07 Å². The van der Waals surface area contributed by atoms with Crippen molar-refractivity contribution >= 4 is 17.2 Å². The van der Waals surface area contributed by atoms with Crippen molar-refractivity contribution in [1.29, 1.82) is 0 Å². The lowest BCUT2D eigenvalue weighted by atomic mass is 9.98. The van der Waals surface area contributed by atoms with E-state index in [0.717, 1.165) is 41.1 Å². The highest BCUT2D eigenvalue weighted by Gasteiger charge is 2.17. The largest absolute Gasteiger partial charge is 0.347 e. The van der Waals surface area contributed by atoms with Gasteiger partial charge in [-0.3, -0.25) is 9.78 Å². The number of carbonyl (C=O) groups is 1. The molecule has 0 bridgehead atoms. The van der Waals surface area contributed by atoms with Gasteiger partial charge in [0.2, 0.25) is 0 Å². The summed E-state index contributed by atoms with van der Waals surface area (Å²) in [6.07, 6.45) is 4.41. The average molecular weight is 273 g/mol. The first-order valence-electron chi connectivity index (χ1n) is 6.31. The van der Waals surface area contributed by atoms with E-state index in [1.807, 2.05) is 23.7 Å². The molecular formula is C14H15N3OS. The van der Waals surface area contributed by atoms with Gasteiger partial charge in [0.05, 0.1) is 12.1 Å². The third-order valence-electron chi connectivity index (χ3n) is 3.26. The topological polar surface area (TPSA) is 54.0 Å². The summed E-state index contributed by atoms with van der Waals surface area (Å²) >= 11 is 1.65. The average Bonchev–Trinajstić information content (AvgIpc) is 2.97. The number of pyridine rings is 1. The molecule has 2 aromatic heterocycles. The van der Waals surface area contributed by atoms with Crippen LogP contribution in [0.2, 0.25) is 0 Å². The van der Waals surface area contributed by atoms with Gasteiger partial charge in [-0.05, 0) is 35.5 Å². The van der Waals surface area contributed by atoms with Crippen LogP contribution in [0.3, 0.4) is 0 Å². The van der Waals surface area contributed by atoms with Gasteiger partial charge < -0.3 is 10.6 Å². The molecule has 0 fully saturated rings. The van der Waals surface area contributed by atoms with Crippen molar-refractivity contribution in [1.82, 2.24) is 15.6 Å². The second kappa shape index (κ2) is 5.50. The van der Waals surface area contributed by atoms with Crippen LogP contribution in [0.25, 0.3) is 0 Å². The van der Waals surface area contributed by atoms with E-state index < -0.39 is 0 Å². The zero-order valence-corrected chi connectivity index (χ0v) is 11.3. The zero-order chi connectivity index (χ0) is 13.1. The number of nitrogens with zero attached hydrogens (tertiary/aromatic N) is 1. The Morgan fingerprint density at radius 3 is 3.26 bits per heavy atom. The van der Waals surface area contributed by atoms with Crippen LogP contribution in [0.15, 0.2) is 29.9 Å². The summed E-state index contributed by atoms with van der Waals surface area (Å²) in [6.45, 7) is 2.30. The van der Waals surface area contributed by atoms with Gasteiger partial charge in [0.1, 0.15) is 0 Å². The number of fused-ring (bicyclic) bond motifs is 1. The van der Waals surface area contributed by atoms with Crippen LogP contribution in [0.5, 0.6) is 0 Å². The molecule has 0 spiro atoms. The van der Waals surface area contributed by atoms with Crippen LogP contribution in [-0.4, -0.2) is 17.4 Å². The third-order valence-corrected chi connectivity index (χ3v) is 4.14. The second-order valence-corrected chi connectivity index (χ2v) is 5.55. The summed E-state index contributed by atoms with van der Waals surface area (Å²) < 4.78 is 0. The van der Waals surface area contributed by atoms with E-state index in [1.54, 1.807) is 17.5 Å². The minimum atomic E-state index is -0.0281. The van der Waals surface area contributed by atoms with Gasteiger partial charge >= 0.3 is 0 Å². The summed E-state index contributed by atoms with van der Waals surface area (Å²) in [5.41, 5.74) is 2.99. The summed E-state index contributed by atoms with van der Waals surface area (Å²) in [5.74, 6) is -0.0281. The standard InChI is InChI=1S/C14H15N3OS/c18-14(17-8-11-2-1-5-19-11)13-9-16-7-10-6-15-4-3-12(10)13/h1-2,5,7,9,15H,3-4,6,8H2,(H,17,18). The molecule has 5 heteroatoms. The Morgan fingerprint density at radius 2 is 2.42 bits per heavy atom. The monoisotopic (exact) mass is 273 g/mol. The van der Waals surface area contributed by atoms with Crippen molar-refractivity contribution in [2.24, 2.45) is 0 Å². The van der Waals surface area contributed by atoms with E-state index in [4.69, 9.17) is 0 Å². The quantitative estimate of drug-likeness (QED) is 0.895. The fourth-order valence-electron chi connectivity index (χ4n) is 2.29. The molecule has 0 unspecified atom stereocenters. The van der Waals surface area contributed by atoms with E-state index in [-0.39, 0.29) is 5.91 Å². The lowest BCUT2D eigenvalue weighted by Crippen LogP contribution is -2.29. The molecule has 1 aliphatic heterocycles. The van der Waals surface area contributed by atoms with E-state index in [9.17, 15) is 4.79 Å². The van der Waals surface area contributed by atoms with E-state index in [2.05, 4.69) is 15.6 Å². The normalized spacial score (nSPS) is 13.9. The van der Waals surface area contributed by atoms with E-state index >= 15 is 0 Å². The van der Waals surface area contributed by atoms with Crippen molar-refractivity contribution < 1.29 is 4.79 Å². The van der Waals surface area contributed by atoms with Crippen LogP contribution >= 0.6 is 11.3 Å². The van der Waals surface area contributed by atoms with Crippen LogP contribution in [0.4, 0.5) is 0 Å². The molecule has 19 heavy (non-hydrogen) atoms. The summed E-state index contributed by atoms with van der Waals surface area (Å²) in [7, 11) is 0. The van der Waals surface area contributed by atoms with Crippen molar-refractivity contribution in [3.05, 3.63) is 51.5 Å². The second-order valence-electron chi connectivity index (χ2n) is 4.51. The molecule has 1 amide bonds. The number of rotatable bonds is 3. The van der Waals surface area contributed by atoms with Gasteiger partial charge in [0.15, 0.2) is 0 Å². The Labute approximate surface area is 115 Å². The van der Waals surface area contributed by atoms with Gasteiger partial charge in [-0.25, -0.2) is 0 Å². The molecule has 0 aromatic carbocycles. The van der Waals surface area contributed by atoms with Crippen LogP contribution in [0.1, 0.15) is 26.4 Å². The molecule has 0 aliphatic carbocycles. The van der Waals surface area contributed by atoms with E-state index in [1.165, 1.54) is 0 Å². The smallest absolute Gasteiger partial charge is 0.253 e. The fraction of sp³-hybridized carbons (Fsp3) is 0.286. The minimum absolute atomic E-state index is 0.0281. The number of thiophene rings is 1. The number of hydrogen-bond acceptors (Lipinski definition) is 4. The first kappa shape index (κ1) is 12.3. The lowest BCUT2D eigenvalue weighted by molar-refractivity contribution is 0.0949. The summed E-state index contributed by atoms with van der Waals surface area (Å²) in [5, 5.41) is 8.27. The Morgan fingerprint density at radius 1 is 1.47 bits per heavy atom. The molecule has 0 radical (unpaired) electrons. The Hall–Kier alpha value is -1.72. The Balaban J connectivity index is 1.76. The van der Waals surface area contributed by atoms with Gasteiger partial charge in [-0.2, -0.15) is 0 Å². The Kier molecular flexibility index (Phi) is 3.57. The first-order valence-corrected chi connectivity index (χ1v) is 7.19. The molecule has 0 atom stereocenters. The number of amides is 1. The maximum atomic E-state index is 12.2. The van der Waals surface area contributed by atoms with Crippen molar-refractivity contribution in [2.75, 3.05) is 6.54 Å². The zero-order valence-electron chi connectivity index (χ0n) is 10.5. The molecule has 0 saturated carbocycles. The molecule has 1 aliphatic rings. The van der Waals surface area contributed by atoms with Crippen LogP contribution < -0.4 is 10.6 Å². The number of nitrogens with one attached hydrogen (secondary N) is 2. The highest BCUT2D eigenvalue weighted by atomic mass is 32.1. The fourth-order valence-corrected chi connectivity index (χ4v) is 2.93. The van der Waals surface area contributed by atoms with Crippen molar-refractivity contribution in [3.63, 3.8) is 0 Å². The number of hydrogen-bond donors (Lipinski definition) is 2. The molecule has 98 valence electrons. The third kappa shape index (κ3) is 2.67. The highest BCUT2D eigenvalue weighted by Crippen LogP contribution is 2.17. The first-order chi connectivity index (χ1) is 9.34. The highest BCUT2D eigenvalue weighted by molar-refractivity contribution is 7.09. The Bertz CT molecular complexity index is 580. The molecule has 0 saturated heterocycles. The molecule has 4 nitrogen and oxygen atoms in total. The van der Waals surface area contributed by atoms with Gasteiger partial charge in [-0.15, -0.1) is 11.3 Å². The molecular weight excluding hydrogens is 258 g/mol. The van der Waals surface area contributed by atoms with Crippen molar-refractivity contribution in [3.8, 4) is 0 Å². The predicted molar refractivity (Wildman–Crippen MR) is 75.1 cm³/mol. The molecule has 3 heterocycles. The van der Waals surface area contributed by atoms with Gasteiger partial charge in [0, 0.05) is 23.8 Å². The minimum Gasteiger partial charge on any atom is -0.347 e. The summed E-state index contributed by atoms with van der Waals surface area (Å²) in [6, 6.07) is 4.01. The molecule has 3 rings (SSSR count). The maximum Gasteiger partial charge on any atom is 0.253 e. The van der Waals surface area contributed by atoms with Crippen molar-refractivity contribution in [2.45, 2.75) is 19.5 Å². The van der Waals surface area contributed by atoms with Crippen LogP contribution in [0, 0.1) is 0 Å². The predicted octanol–water partition coefficient (Wildman–Crippen LogP) is 1.72. The molecule has 2 aromatic rings. The van der Waals surface area contributed by atoms with Gasteiger partial charge in [0.25, 0.3) is 5.91 Å². The molecule has 2 N–H and O–H groups in total. The lowest BCUT2D eigenvalue weighted by Gasteiger charge is -2.19. The number of aromatic nitrogens is 1.